The van der Waals surface area contributed by atoms with E-state index in [4.69, 9.17) is 4.74 Å². The third-order valence-electron chi connectivity index (χ3n) is 3.28. The zero-order chi connectivity index (χ0) is 15.9. The molecule has 1 atom stereocenters. The number of unbranched alkanes of at least 4 members (excludes halogenated alkanes) is 1. The van der Waals surface area contributed by atoms with E-state index >= 15 is 0 Å². The van der Waals surface area contributed by atoms with Gasteiger partial charge < -0.3 is 15.2 Å². The minimum absolute atomic E-state index is 0.139. The number of aliphatic carboxylic acids is 1. The fraction of sp³-hybridized carbons (Fsp3) is 0.533. The summed E-state index contributed by atoms with van der Waals surface area (Å²) in [6, 6.07) is 3.53. The zero-order valence-corrected chi connectivity index (χ0v) is 12.3. The molecule has 0 aliphatic rings. The van der Waals surface area contributed by atoms with Crippen LogP contribution >= 0.6 is 0 Å². The Morgan fingerprint density at radius 3 is 2.48 bits per heavy atom. The van der Waals surface area contributed by atoms with Gasteiger partial charge >= 0.3 is 5.97 Å². The normalized spacial score (nSPS) is 13.7. The Hall–Kier alpha value is -1.69. The second-order valence-electron chi connectivity index (χ2n) is 5.02. The minimum Gasteiger partial charge on any atom is -0.488 e. The van der Waals surface area contributed by atoms with E-state index in [9.17, 15) is 18.7 Å². The van der Waals surface area contributed by atoms with Crippen molar-refractivity contribution in [3.63, 3.8) is 0 Å². The summed E-state index contributed by atoms with van der Waals surface area (Å²) in [6.45, 7) is 4.15. The van der Waals surface area contributed by atoms with Crippen LogP contribution in [0.2, 0.25) is 0 Å². The number of ether oxygens (including phenoxy) is 1. The third-order valence-corrected chi connectivity index (χ3v) is 3.28. The predicted octanol–water partition coefficient (Wildman–Crippen LogP) is 2.97. The number of nitrogens with one attached hydrogen (secondary N) is 1. The van der Waals surface area contributed by atoms with E-state index in [1.165, 1.54) is 6.07 Å². The van der Waals surface area contributed by atoms with Crippen molar-refractivity contribution in [3.8, 4) is 5.75 Å². The Morgan fingerprint density at radius 2 is 1.95 bits per heavy atom. The average molecular weight is 301 g/mol. The van der Waals surface area contributed by atoms with Crippen LogP contribution < -0.4 is 10.1 Å². The van der Waals surface area contributed by atoms with Gasteiger partial charge in [0, 0.05) is 0 Å². The highest BCUT2D eigenvalue weighted by molar-refractivity contribution is 5.78. The van der Waals surface area contributed by atoms with Gasteiger partial charge in [-0.05, 0) is 44.9 Å². The number of halogens is 2. The largest absolute Gasteiger partial charge is 0.488 e. The summed E-state index contributed by atoms with van der Waals surface area (Å²) in [6.07, 6.45) is 1.51. The quantitative estimate of drug-likeness (QED) is 0.689. The molecular weight excluding hydrogens is 280 g/mol. The lowest BCUT2D eigenvalue weighted by molar-refractivity contribution is -0.144. The van der Waals surface area contributed by atoms with Crippen molar-refractivity contribution in [2.45, 2.75) is 38.6 Å². The van der Waals surface area contributed by atoms with Gasteiger partial charge in [-0.2, -0.15) is 0 Å². The average Bonchev–Trinajstić information content (AvgIpc) is 2.41. The molecular formula is C15H21F2NO3. The molecule has 0 heterocycles. The number of carbonyl (C=O) groups is 1. The molecule has 0 saturated carbocycles. The lowest BCUT2D eigenvalue weighted by Crippen LogP contribution is -2.49. The fourth-order valence-corrected chi connectivity index (χ4v) is 2.04. The first-order chi connectivity index (χ1) is 9.90. The Bertz CT molecular complexity index is 462. The van der Waals surface area contributed by atoms with E-state index in [-0.39, 0.29) is 12.4 Å². The Balaban J connectivity index is 2.39. The third kappa shape index (κ3) is 4.97. The van der Waals surface area contributed by atoms with E-state index < -0.39 is 23.1 Å². The van der Waals surface area contributed by atoms with E-state index in [2.05, 4.69) is 5.32 Å². The molecule has 0 aliphatic heterocycles. The molecule has 2 N–H and O–H groups in total. The van der Waals surface area contributed by atoms with Crippen molar-refractivity contribution in [3.05, 3.63) is 29.8 Å². The Morgan fingerprint density at radius 1 is 1.33 bits per heavy atom. The molecule has 1 unspecified atom stereocenters. The molecule has 0 aliphatic carbocycles. The summed E-state index contributed by atoms with van der Waals surface area (Å²) in [7, 11) is 0. The molecule has 4 nitrogen and oxygen atoms in total. The molecule has 0 fully saturated rings. The maximum atomic E-state index is 13.3. The van der Waals surface area contributed by atoms with Crippen LogP contribution in [-0.2, 0) is 4.79 Å². The first-order valence-corrected chi connectivity index (χ1v) is 6.96. The van der Waals surface area contributed by atoms with E-state index in [0.717, 1.165) is 12.1 Å². The Kier molecular flexibility index (Phi) is 6.55. The second-order valence-corrected chi connectivity index (χ2v) is 5.02. The predicted molar refractivity (Wildman–Crippen MR) is 75.4 cm³/mol. The molecule has 0 saturated heterocycles. The molecule has 0 bridgehead atoms. The number of hydrogen-bond acceptors (Lipinski definition) is 3. The number of rotatable bonds is 9. The zero-order valence-electron chi connectivity index (χ0n) is 12.3. The van der Waals surface area contributed by atoms with Crippen LogP contribution in [0.15, 0.2) is 18.2 Å². The van der Waals surface area contributed by atoms with Crippen molar-refractivity contribution in [1.82, 2.24) is 5.32 Å². The van der Waals surface area contributed by atoms with E-state index in [1.807, 2.05) is 6.92 Å². The number of likely N-dealkylation sites (N-methyl/N-ethyl adjacent to an activating group) is 1. The molecule has 0 radical (unpaired) electrons. The van der Waals surface area contributed by atoms with Gasteiger partial charge in [0.15, 0.2) is 17.4 Å². The number of para-hydroxylation sites is 1. The molecule has 21 heavy (non-hydrogen) atoms. The lowest BCUT2D eigenvalue weighted by Gasteiger charge is -2.25. The van der Waals surface area contributed by atoms with Crippen LogP contribution in [0.4, 0.5) is 8.78 Å². The maximum absolute atomic E-state index is 13.3. The number of benzene rings is 1. The van der Waals surface area contributed by atoms with Gasteiger partial charge in [0.25, 0.3) is 0 Å². The summed E-state index contributed by atoms with van der Waals surface area (Å²) in [5.41, 5.74) is -0.988. The molecule has 0 spiro atoms. The van der Waals surface area contributed by atoms with Gasteiger partial charge in [0.1, 0.15) is 5.54 Å². The van der Waals surface area contributed by atoms with Crippen molar-refractivity contribution in [2.75, 3.05) is 13.2 Å². The first-order valence-electron chi connectivity index (χ1n) is 6.96. The summed E-state index contributed by atoms with van der Waals surface area (Å²) >= 11 is 0. The van der Waals surface area contributed by atoms with Gasteiger partial charge in [0.05, 0.1) is 6.61 Å². The molecule has 1 aromatic rings. The van der Waals surface area contributed by atoms with Crippen LogP contribution in [0.5, 0.6) is 5.75 Å². The van der Waals surface area contributed by atoms with Gasteiger partial charge in [-0.25, -0.2) is 8.78 Å². The summed E-state index contributed by atoms with van der Waals surface area (Å²) in [5.74, 6) is -2.77. The summed E-state index contributed by atoms with van der Waals surface area (Å²) in [5, 5.41) is 12.1. The summed E-state index contributed by atoms with van der Waals surface area (Å²) in [4.78, 5) is 11.2. The second kappa shape index (κ2) is 7.93. The minimum atomic E-state index is -0.988. The van der Waals surface area contributed by atoms with Crippen LogP contribution in [0.25, 0.3) is 0 Å². The standard InChI is InChI=1S/C15H21F2NO3/c1-3-18-15(2,14(19)20)9-4-5-10-21-13-11(16)7-6-8-12(13)17/h6-8,18H,3-5,9-10H2,1-2H3,(H,19,20). The van der Waals surface area contributed by atoms with Gasteiger partial charge in [-0.1, -0.05) is 13.0 Å². The van der Waals surface area contributed by atoms with Gasteiger partial charge in [0.2, 0.25) is 0 Å². The highest BCUT2D eigenvalue weighted by Crippen LogP contribution is 2.21. The van der Waals surface area contributed by atoms with Crippen LogP contribution in [0.3, 0.4) is 0 Å². The number of carboxylic acids is 1. The van der Waals surface area contributed by atoms with Crippen molar-refractivity contribution >= 4 is 5.97 Å². The van der Waals surface area contributed by atoms with Crippen LogP contribution in [-0.4, -0.2) is 29.8 Å². The molecule has 0 aromatic heterocycles. The lowest BCUT2D eigenvalue weighted by atomic mass is 9.95. The fourth-order valence-electron chi connectivity index (χ4n) is 2.04. The molecule has 1 aromatic carbocycles. The highest BCUT2D eigenvalue weighted by atomic mass is 19.1. The smallest absolute Gasteiger partial charge is 0.323 e. The first kappa shape index (κ1) is 17.4. The number of carboxylic acid groups (broad SMARTS) is 1. The van der Waals surface area contributed by atoms with Crippen molar-refractivity contribution in [1.29, 1.82) is 0 Å². The maximum Gasteiger partial charge on any atom is 0.323 e. The molecule has 6 heteroatoms. The van der Waals surface area contributed by atoms with E-state index in [0.29, 0.717) is 25.8 Å². The number of hydrogen-bond donors (Lipinski definition) is 2. The molecule has 1 rings (SSSR count). The van der Waals surface area contributed by atoms with Crippen molar-refractivity contribution < 1.29 is 23.4 Å². The van der Waals surface area contributed by atoms with Crippen molar-refractivity contribution in [2.24, 2.45) is 0 Å². The van der Waals surface area contributed by atoms with Crippen LogP contribution in [0.1, 0.15) is 33.1 Å². The van der Waals surface area contributed by atoms with Gasteiger partial charge in [-0.3, -0.25) is 4.79 Å². The highest BCUT2D eigenvalue weighted by Gasteiger charge is 2.31. The summed E-state index contributed by atoms with van der Waals surface area (Å²) < 4.78 is 31.7. The Labute approximate surface area is 123 Å². The van der Waals surface area contributed by atoms with Gasteiger partial charge in [-0.15, -0.1) is 0 Å². The molecule has 0 amide bonds. The molecule has 118 valence electrons. The SMILES string of the molecule is CCNC(C)(CCCCOc1c(F)cccc1F)C(=O)O. The van der Waals surface area contributed by atoms with Crippen LogP contribution in [0, 0.1) is 11.6 Å². The topological polar surface area (TPSA) is 58.6 Å². The van der Waals surface area contributed by atoms with E-state index in [1.54, 1.807) is 6.92 Å². The monoisotopic (exact) mass is 301 g/mol.